The van der Waals surface area contributed by atoms with E-state index in [0.29, 0.717) is 10.8 Å². The summed E-state index contributed by atoms with van der Waals surface area (Å²) < 4.78 is 7.72. The summed E-state index contributed by atoms with van der Waals surface area (Å²) in [5, 5.41) is 23.5. The Bertz CT molecular complexity index is 962. The fourth-order valence-electron chi connectivity index (χ4n) is 3.94. The molecule has 1 aromatic heterocycles. The maximum Gasteiger partial charge on any atom is 0.334 e. The first-order chi connectivity index (χ1) is 12.5. The van der Waals surface area contributed by atoms with Crippen LogP contribution < -0.4 is 10.1 Å². The summed E-state index contributed by atoms with van der Waals surface area (Å²) in [6, 6.07) is 2.99. The van der Waals surface area contributed by atoms with Gasteiger partial charge in [-0.1, -0.05) is 17.7 Å². The minimum absolute atomic E-state index is 0.0196. The fourth-order valence-corrected chi connectivity index (χ4v) is 4.15. The number of carboxylic acid groups (broad SMARTS) is 2. The van der Waals surface area contributed by atoms with Crippen molar-refractivity contribution in [3.8, 4) is 5.75 Å². The highest BCUT2D eigenvalue weighted by Gasteiger charge is 2.35. The molecular weight excluding hydrogens is 360 g/mol. The van der Waals surface area contributed by atoms with E-state index in [-0.39, 0.29) is 12.2 Å². The normalized spacial score (nSPS) is 19.6. The predicted molar refractivity (Wildman–Crippen MR) is 95.1 cm³/mol. The number of nitrogens with one attached hydrogen (secondary N) is 1. The molecule has 1 aromatic carbocycles. The second-order valence-corrected chi connectivity index (χ2v) is 6.79. The van der Waals surface area contributed by atoms with Gasteiger partial charge in [0, 0.05) is 30.1 Å². The van der Waals surface area contributed by atoms with E-state index in [9.17, 15) is 14.7 Å². The number of aliphatic carboxylic acids is 2. The van der Waals surface area contributed by atoms with Gasteiger partial charge in [-0.15, -0.1) is 0 Å². The highest BCUT2D eigenvalue weighted by Crippen LogP contribution is 2.44. The summed E-state index contributed by atoms with van der Waals surface area (Å²) >= 11 is 6.30. The second-order valence-electron chi connectivity index (χ2n) is 6.39. The van der Waals surface area contributed by atoms with E-state index in [1.807, 2.05) is 10.6 Å². The average Bonchev–Trinajstić information content (AvgIpc) is 2.76. The van der Waals surface area contributed by atoms with Crippen LogP contribution in [-0.4, -0.2) is 46.4 Å². The number of halogens is 1. The Labute approximate surface area is 153 Å². The molecular formula is C18H17ClN2O5. The molecule has 0 saturated heterocycles. The summed E-state index contributed by atoms with van der Waals surface area (Å²) in [6.45, 7) is 1.61. The molecule has 0 bridgehead atoms. The molecule has 1 unspecified atom stereocenters. The number of rotatable bonds is 3. The van der Waals surface area contributed by atoms with Gasteiger partial charge in [-0.2, -0.15) is 0 Å². The van der Waals surface area contributed by atoms with Crippen molar-refractivity contribution in [2.45, 2.75) is 18.9 Å². The van der Waals surface area contributed by atoms with Crippen LogP contribution in [0.5, 0.6) is 5.75 Å². The fraction of sp³-hybridized carbons (Fsp3) is 0.333. The monoisotopic (exact) mass is 376 g/mol. The molecule has 0 radical (unpaired) electrons. The smallest absolute Gasteiger partial charge is 0.334 e. The quantitative estimate of drug-likeness (QED) is 0.708. The van der Waals surface area contributed by atoms with E-state index in [1.54, 1.807) is 6.07 Å². The molecule has 1 atom stereocenters. The topological polar surface area (TPSA) is 101 Å². The maximum atomic E-state index is 11.8. The first-order valence-electron chi connectivity index (χ1n) is 8.34. The van der Waals surface area contributed by atoms with Crippen LogP contribution in [0.3, 0.4) is 0 Å². The standard InChI is InChI=1S/C18H17ClN2O5/c19-12-2-1-10-9-3-5-20-6-4-13(9)21-14(8-26-17(12)16(10)21)11(18(24)25)7-15(22)23/h1-2,7,14,20H,3-6,8H2,(H,22,23)(H,24,25)/b11-7-. The average molecular weight is 377 g/mol. The van der Waals surface area contributed by atoms with Gasteiger partial charge in [0.05, 0.1) is 16.1 Å². The molecule has 2 aromatic rings. The van der Waals surface area contributed by atoms with E-state index in [4.69, 9.17) is 21.4 Å². The summed E-state index contributed by atoms with van der Waals surface area (Å²) in [5.74, 6) is -2.04. The lowest BCUT2D eigenvalue weighted by Crippen LogP contribution is -2.29. The Morgan fingerprint density at radius 2 is 2.04 bits per heavy atom. The molecule has 2 aliphatic heterocycles. The van der Waals surface area contributed by atoms with Gasteiger partial charge in [0.1, 0.15) is 12.6 Å². The van der Waals surface area contributed by atoms with Gasteiger partial charge in [0.25, 0.3) is 0 Å². The lowest BCUT2D eigenvalue weighted by Gasteiger charge is -2.29. The van der Waals surface area contributed by atoms with Gasteiger partial charge in [-0.05, 0) is 24.6 Å². The number of hydrogen-bond acceptors (Lipinski definition) is 4. The zero-order valence-electron chi connectivity index (χ0n) is 13.8. The number of benzene rings is 1. The Morgan fingerprint density at radius 3 is 2.77 bits per heavy atom. The van der Waals surface area contributed by atoms with Crippen molar-refractivity contribution in [1.82, 2.24) is 9.88 Å². The van der Waals surface area contributed by atoms with Crippen LogP contribution in [0.25, 0.3) is 10.9 Å². The van der Waals surface area contributed by atoms with Crippen LogP contribution >= 0.6 is 11.6 Å². The molecule has 3 heterocycles. The number of carboxylic acids is 2. The van der Waals surface area contributed by atoms with Gasteiger partial charge in [0.2, 0.25) is 0 Å². The molecule has 26 heavy (non-hydrogen) atoms. The van der Waals surface area contributed by atoms with Crippen molar-refractivity contribution in [3.63, 3.8) is 0 Å². The summed E-state index contributed by atoms with van der Waals surface area (Å²) in [5.41, 5.74) is 2.69. The van der Waals surface area contributed by atoms with Crippen molar-refractivity contribution in [3.05, 3.63) is 40.1 Å². The molecule has 2 aliphatic rings. The van der Waals surface area contributed by atoms with E-state index in [0.717, 1.165) is 54.2 Å². The Hall–Kier alpha value is -2.51. The molecule has 0 spiro atoms. The SMILES string of the molecule is O=C(O)/C=C(\C(=O)O)C1COc2c(Cl)ccc3c4c(n1c23)CCNCC4. The summed E-state index contributed by atoms with van der Waals surface area (Å²) in [6.07, 6.45) is 2.27. The molecule has 0 aliphatic carbocycles. The number of hydrogen-bond donors (Lipinski definition) is 3. The van der Waals surface area contributed by atoms with Crippen molar-refractivity contribution in [1.29, 1.82) is 0 Å². The van der Waals surface area contributed by atoms with Crippen LogP contribution in [0.15, 0.2) is 23.8 Å². The summed E-state index contributed by atoms with van der Waals surface area (Å²) in [7, 11) is 0. The van der Waals surface area contributed by atoms with Gasteiger partial charge >= 0.3 is 11.9 Å². The third-order valence-electron chi connectivity index (χ3n) is 4.96. The summed E-state index contributed by atoms with van der Waals surface area (Å²) in [4.78, 5) is 22.9. The van der Waals surface area contributed by atoms with Crippen molar-refractivity contribution < 1.29 is 24.5 Å². The molecule has 7 nitrogen and oxygen atoms in total. The second kappa shape index (κ2) is 6.34. The molecule has 3 N–H and O–H groups in total. The molecule has 0 fully saturated rings. The van der Waals surface area contributed by atoms with E-state index in [1.165, 1.54) is 0 Å². The van der Waals surface area contributed by atoms with E-state index >= 15 is 0 Å². The highest BCUT2D eigenvalue weighted by molar-refractivity contribution is 6.33. The Kier molecular flexibility index (Phi) is 4.13. The lowest BCUT2D eigenvalue weighted by molar-refractivity contribution is -0.135. The van der Waals surface area contributed by atoms with Gasteiger partial charge < -0.3 is 24.8 Å². The largest absolute Gasteiger partial charge is 0.487 e. The zero-order chi connectivity index (χ0) is 18.4. The van der Waals surface area contributed by atoms with Crippen molar-refractivity contribution in [2.75, 3.05) is 19.7 Å². The lowest BCUT2D eigenvalue weighted by atomic mass is 10.1. The third kappa shape index (κ3) is 2.55. The maximum absolute atomic E-state index is 11.8. The van der Waals surface area contributed by atoms with Crippen LogP contribution in [0, 0.1) is 0 Å². The van der Waals surface area contributed by atoms with Crippen LogP contribution in [-0.2, 0) is 22.4 Å². The van der Waals surface area contributed by atoms with Crippen LogP contribution in [0.1, 0.15) is 17.3 Å². The minimum Gasteiger partial charge on any atom is -0.487 e. The number of carbonyl (C=O) groups is 2. The Morgan fingerprint density at radius 1 is 1.27 bits per heavy atom. The zero-order valence-corrected chi connectivity index (χ0v) is 14.5. The van der Waals surface area contributed by atoms with Crippen molar-refractivity contribution in [2.24, 2.45) is 0 Å². The molecule has 0 saturated carbocycles. The molecule has 136 valence electrons. The van der Waals surface area contributed by atoms with Crippen LogP contribution in [0.4, 0.5) is 0 Å². The van der Waals surface area contributed by atoms with E-state index < -0.39 is 18.0 Å². The van der Waals surface area contributed by atoms with E-state index in [2.05, 4.69) is 5.32 Å². The first-order valence-corrected chi connectivity index (χ1v) is 8.72. The predicted octanol–water partition coefficient (Wildman–Crippen LogP) is 2.01. The number of nitrogens with zero attached hydrogens (tertiary/aromatic N) is 1. The number of fused-ring (bicyclic) bond motifs is 3. The first kappa shape index (κ1) is 16.9. The van der Waals surface area contributed by atoms with Gasteiger partial charge in [-0.25, -0.2) is 9.59 Å². The van der Waals surface area contributed by atoms with Crippen LogP contribution in [0.2, 0.25) is 5.02 Å². The molecule has 4 rings (SSSR count). The molecule has 0 amide bonds. The number of ether oxygens (including phenoxy) is 1. The van der Waals surface area contributed by atoms with Gasteiger partial charge in [-0.3, -0.25) is 0 Å². The van der Waals surface area contributed by atoms with Gasteiger partial charge in [0.15, 0.2) is 5.75 Å². The third-order valence-corrected chi connectivity index (χ3v) is 5.26. The highest BCUT2D eigenvalue weighted by atomic mass is 35.5. The molecule has 8 heteroatoms. The Balaban J connectivity index is 2.03. The van der Waals surface area contributed by atoms with Crippen molar-refractivity contribution >= 4 is 34.4 Å². The number of aromatic nitrogens is 1. The minimum atomic E-state index is -1.30.